The average Bonchev–Trinajstić information content (AvgIpc) is 2.92. The van der Waals surface area contributed by atoms with E-state index in [9.17, 15) is 8.42 Å². The van der Waals surface area contributed by atoms with E-state index in [-0.39, 0.29) is 0 Å². The van der Waals surface area contributed by atoms with Crippen molar-refractivity contribution in [2.45, 2.75) is 38.8 Å². The van der Waals surface area contributed by atoms with E-state index in [2.05, 4.69) is 32.8 Å². The monoisotopic (exact) mass is 333 g/mol. The van der Waals surface area contributed by atoms with Gasteiger partial charge in [0.1, 0.15) is 0 Å². The third-order valence-electron chi connectivity index (χ3n) is 4.35. The van der Waals surface area contributed by atoms with Crippen LogP contribution in [0.3, 0.4) is 0 Å². The highest BCUT2D eigenvalue weighted by Crippen LogP contribution is 2.27. The summed E-state index contributed by atoms with van der Waals surface area (Å²) in [6.07, 6.45) is 6.15. The minimum Gasteiger partial charge on any atom is -0.295 e. The van der Waals surface area contributed by atoms with Crippen molar-refractivity contribution in [1.29, 1.82) is 0 Å². The highest BCUT2D eigenvalue weighted by atomic mass is 32.2. The molecule has 1 aliphatic rings. The summed E-state index contributed by atoms with van der Waals surface area (Å²) in [5.74, 6) is 0. The number of benzene rings is 1. The predicted molar refractivity (Wildman–Crippen MR) is 92.6 cm³/mol. The zero-order valence-electron chi connectivity index (χ0n) is 13.2. The Morgan fingerprint density at radius 2 is 1.87 bits per heavy atom. The topological polar surface area (TPSA) is 62.3 Å². The zero-order chi connectivity index (χ0) is 16.1. The first-order valence-corrected chi connectivity index (χ1v) is 9.37. The molecule has 0 aliphatic carbocycles. The van der Waals surface area contributed by atoms with Crippen LogP contribution in [-0.4, -0.2) is 31.4 Å². The van der Waals surface area contributed by atoms with Crippen LogP contribution in [0, 0.1) is 0 Å². The van der Waals surface area contributed by atoms with Crippen LogP contribution in [0.2, 0.25) is 0 Å². The molecule has 0 atom stereocenters. The molecular weight excluding hydrogens is 310 g/mol. The molecule has 0 fully saturated rings. The fourth-order valence-corrected chi connectivity index (χ4v) is 3.53. The second-order valence-corrected chi connectivity index (χ2v) is 6.94. The standard InChI is InChI=1S/C17H23N3O2S/c21-23(22)19-8-3-1-2-4-9-20-12-15-10-14-6-5-7-18-17(14)11-16(15)13-20/h5-7,10-11,23H,1-4,8-9,12-13H2,(H,19,21,22). The van der Waals surface area contributed by atoms with E-state index >= 15 is 0 Å². The minimum atomic E-state index is -2.44. The summed E-state index contributed by atoms with van der Waals surface area (Å²) in [5, 5.41) is 1.22. The molecule has 0 bridgehead atoms. The molecule has 1 aromatic carbocycles. The molecule has 2 heterocycles. The Balaban J connectivity index is 1.42. The lowest BCUT2D eigenvalue weighted by Crippen LogP contribution is -2.17. The van der Waals surface area contributed by atoms with Gasteiger partial charge in [-0.25, -0.2) is 13.1 Å². The van der Waals surface area contributed by atoms with Crippen molar-refractivity contribution in [1.82, 2.24) is 14.6 Å². The van der Waals surface area contributed by atoms with E-state index in [4.69, 9.17) is 0 Å². The van der Waals surface area contributed by atoms with Crippen molar-refractivity contribution in [3.63, 3.8) is 0 Å². The van der Waals surface area contributed by atoms with Crippen LogP contribution in [-0.2, 0) is 24.0 Å². The summed E-state index contributed by atoms with van der Waals surface area (Å²) in [6, 6.07) is 8.60. The summed E-state index contributed by atoms with van der Waals surface area (Å²) in [4.78, 5) is 6.91. The van der Waals surface area contributed by atoms with Crippen LogP contribution in [0.5, 0.6) is 0 Å². The van der Waals surface area contributed by atoms with Crippen molar-refractivity contribution < 1.29 is 8.42 Å². The number of rotatable bonds is 8. The molecule has 0 spiro atoms. The Kier molecular flexibility index (Phi) is 5.59. The maximum absolute atomic E-state index is 10.4. The van der Waals surface area contributed by atoms with Crippen molar-refractivity contribution in [3.8, 4) is 0 Å². The van der Waals surface area contributed by atoms with Gasteiger partial charge in [-0.3, -0.25) is 9.88 Å². The molecule has 124 valence electrons. The highest BCUT2D eigenvalue weighted by Gasteiger charge is 2.19. The quantitative estimate of drug-likeness (QED) is 0.574. The number of thiol groups is 1. The summed E-state index contributed by atoms with van der Waals surface area (Å²) in [6.45, 7) is 3.70. The van der Waals surface area contributed by atoms with E-state index in [0.717, 1.165) is 50.8 Å². The lowest BCUT2D eigenvalue weighted by Gasteiger charge is -2.14. The lowest BCUT2D eigenvalue weighted by atomic mass is 10.1. The van der Waals surface area contributed by atoms with Crippen LogP contribution >= 0.6 is 0 Å². The smallest absolute Gasteiger partial charge is 0.201 e. The first-order valence-electron chi connectivity index (χ1n) is 8.19. The van der Waals surface area contributed by atoms with Gasteiger partial charge in [0.2, 0.25) is 10.9 Å². The van der Waals surface area contributed by atoms with E-state index in [1.54, 1.807) is 0 Å². The average molecular weight is 333 g/mol. The zero-order valence-corrected chi connectivity index (χ0v) is 14.1. The molecule has 1 aromatic heterocycles. The van der Waals surface area contributed by atoms with Crippen LogP contribution in [0.15, 0.2) is 30.5 Å². The summed E-state index contributed by atoms with van der Waals surface area (Å²) >= 11 is 0. The van der Waals surface area contributed by atoms with Crippen molar-refractivity contribution >= 4 is 21.8 Å². The number of pyridine rings is 1. The number of nitrogens with one attached hydrogen (secondary N) is 1. The van der Waals surface area contributed by atoms with Crippen LogP contribution in [0.1, 0.15) is 36.8 Å². The molecule has 23 heavy (non-hydrogen) atoms. The Labute approximate surface area is 138 Å². The lowest BCUT2D eigenvalue weighted by molar-refractivity contribution is 0.276. The van der Waals surface area contributed by atoms with Gasteiger partial charge < -0.3 is 0 Å². The molecule has 0 saturated heterocycles. The molecule has 0 amide bonds. The maximum Gasteiger partial charge on any atom is 0.201 e. The van der Waals surface area contributed by atoms with Gasteiger partial charge in [-0.1, -0.05) is 18.9 Å². The van der Waals surface area contributed by atoms with Gasteiger partial charge in [-0.05, 0) is 48.7 Å². The number of hydrogen-bond acceptors (Lipinski definition) is 4. The predicted octanol–water partition coefficient (Wildman–Crippen LogP) is 2.23. The molecule has 1 N–H and O–H groups in total. The molecule has 1 aliphatic heterocycles. The first-order chi connectivity index (χ1) is 11.2. The van der Waals surface area contributed by atoms with Crippen molar-refractivity contribution in [3.05, 3.63) is 41.6 Å². The molecule has 3 rings (SSSR count). The minimum absolute atomic E-state index is 0.563. The number of nitrogens with zero attached hydrogens (tertiary/aromatic N) is 2. The molecule has 0 unspecified atom stereocenters. The molecule has 5 nitrogen and oxygen atoms in total. The van der Waals surface area contributed by atoms with Crippen LogP contribution in [0.4, 0.5) is 0 Å². The number of unbranched alkanes of at least 4 members (excludes halogenated alkanes) is 3. The van der Waals surface area contributed by atoms with Crippen LogP contribution < -0.4 is 4.72 Å². The van der Waals surface area contributed by atoms with Crippen molar-refractivity contribution in [2.75, 3.05) is 13.1 Å². The van der Waals surface area contributed by atoms with Gasteiger partial charge in [0.25, 0.3) is 0 Å². The van der Waals surface area contributed by atoms with E-state index in [1.165, 1.54) is 16.5 Å². The van der Waals surface area contributed by atoms with E-state index in [1.807, 2.05) is 12.3 Å². The fourth-order valence-electron chi connectivity index (χ4n) is 3.19. The fraction of sp³-hybridized carbons (Fsp3) is 0.471. The second-order valence-electron chi connectivity index (χ2n) is 6.11. The van der Waals surface area contributed by atoms with Gasteiger partial charge in [0.05, 0.1) is 5.52 Å². The Hall–Kier alpha value is -1.50. The van der Waals surface area contributed by atoms with Gasteiger partial charge in [-0.15, -0.1) is 0 Å². The van der Waals surface area contributed by atoms with Gasteiger partial charge in [0.15, 0.2) is 0 Å². The summed E-state index contributed by atoms with van der Waals surface area (Å²) < 4.78 is 23.2. The Morgan fingerprint density at radius 3 is 2.70 bits per heavy atom. The largest absolute Gasteiger partial charge is 0.295 e. The highest BCUT2D eigenvalue weighted by molar-refractivity contribution is 7.70. The Morgan fingerprint density at radius 1 is 1.09 bits per heavy atom. The maximum atomic E-state index is 10.4. The molecule has 0 radical (unpaired) electrons. The second kappa shape index (κ2) is 7.86. The van der Waals surface area contributed by atoms with Crippen molar-refractivity contribution in [2.24, 2.45) is 0 Å². The molecular formula is C17H23N3O2S. The number of fused-ring (bicyclic) bond motifs is 2. The first kappa shape index (κ1) is 16.4. The molecule has 6 heteroatoms. The molecule has 0 saturated carbocycles. The number of aromatic nitrogens is 1. The third-order valence-corrected chi connectivity index (χ3v) is 4.84. The van der Waals surface area contributed by atoms with Crippen LogP contribution in [0.25, 0.3) is 10.9 Å². The molecule has 2 aromatic rings. The van der Waals surface area contributed by atoms with E-state index < -0.39 is 10.9 Å². The van der Waals surface area contributed by atoms with Gasteiger partial charge >= 0.3 is 0 Å². The Bertz CT molecular complexity index is 693. The third kappa shape index (κ3) is 4.50. The SMILES string of the molecule is O=[SH](=O)NCCCCCCN1Cc2cc3cccnc3cc2C1. The number of hydrogen-bond donors (Lipinski definition) is 2. The summed E-state index contributed by atoms with van der Waals surface area (Å²) in [5.41, 5.74) is 3.91. The summed E-state index contributed by atoms with van der Waals surface area (Å²) in [7, 11) is -2.44. The van der Waals surface area contributed by atoms with Gasteiger partial charge in [0, 0.05) is 31.2 Å². The van der Waals surface area contributed by atoms with Gasteiger partial charge in [-0.2, -0.15) is 0 Å². The van der Waals surface area contributed by atoms with E-state index in [0.29, 0.717) is 6.54 Å². The normalized spacial score (nSPS) is 14.7.